The van der Waals surface area contributed by atoms with Crippen LogP contribution in [0, 0.1) is 5.82 Å². The minimum Gasteiger partial charge on any atom is -0.497 e. The number of carbonyl (C=O) groups excluding carboxylic acids is 1. The lowest BCUT2D eigenvalue weighted by atomic mass is 9.88. The number of β-lactam (4-membered cyclic amide) rings is 1. The second-order valence-electron chi connectivity index (χ2n) is 5.34. The van der Waals surface area contributed by atoms with Gasteiger partial charge in [-0.1, -0.05) is 24.3 Å². The van der Waals surface area contributed by atoms with Crippen LogP contribution >= 0.6 is 0 Å². The second kappa shape index (κ2) is 5.77. The molecule has 0 radical (unpaired) electrons. The predicted octanol–water partition coefficient (Wildman–Crippen LogP) is 2.25. The van der Waals surface area contributed by atoms with Crippen LogP contribution in [-0.2, 0) is 11.3 Å². The van der Waals surface area contributed by atoms with Crippen molar-refractivity contribution in [1.29, 1.82) is 0 Å². The van der Waals surface area contributed by atoms with Gasteiger partial charge >= 0.3 is 0 Å². The first-order valence-corrected chi connectivity index (χ1v) is 7.04. The fourth-order valence-corrected chi connectivity index (χ4v) is 2.73. The van der Waals surface area contributed by atoms with Crippen molar-refractivity contribution in [1.82, 2.24) is 4.90 Å². The fourth-order valence-electron chi connectivity index (χ4n) is 2.73. The summed E-state index contributed by atoms with van der Waals surface area (Å²) in [6.45, 7) is 0.420. The lowest BCUT2D eigenvalue weighted by Gasteiger charge is -2.45. The molecule has 1 aliphatic heterocycles. The van der Waals surface area contributed by atoms with Gasteiger partial charge in [0.15, 0.2) is 0 Å². The molecule has 1 amide bonds. The van der Waals surface area contributed by atoms with Gasteiger partial charge in [0.2, 0.25) is 5.91 Å². The summed E-state index contributed by atoms with van der Waals surface area (Å²) in [6.07, 6.45) is 0. The Labute approximate surface area is 128 Å². The van der Waals surface area contributed by atoms with Gasteiger partial charge in [-0.2, -0.15) is 0 Å². The maximum atomic E-state index is 13.0. The van der Waals surface area contributed by atoms with Gasteiger partial charge in [0.1, 0.15) is 17.6 Å². The number of nitrogens with zero attached hydrogens (tertiary/aromatic N) is 1. The first-order chi connectivity index (χ1) is 10.6. The van der Waals surface area contributed by atoms with E-state index in [1.807, 2.05) is 24.3 Å². The summed E-state index contributed by atoms with van der Waals surface area (Å²) >= 11 is 0. The van der Waals surface area contributed by atoms with Crippen LogP contribution in [0.5, 0.6) is 5.75 Å². The Morgan fingerprint density at radius 2 is 1.77 bits per heavy atom. The fraction of sp³-hybridized carbons (Fsp3) is 0.235. The van der Waals surface area contributed by atoms with Crippen molar-refractivity contribution in [2.75, 3.05) is 7.11 Å². The first-order valence-electron chi connectivity index (χ1n) is 7.04. The van der Waals surface area contributed by atoms with E-state index >= 15 is 0 Å². The molecule has 0 spiro atoms. The molecule has 1 saturated heterocycles. The number of rotatable bonds is 4. The van der Waals surface area contributed by atoms with E-state index in [2.05, 4.69) is 0 Å². The molecule has 2 atom stereocenters. The smallest absolute Gasteiger partial charge is 0.242 e. The number of hydrogen-bond acceptors (Lipinski definition) is 3. The van der Waals surface area contributed by atoms with Gasteiger partial charge in [0, 0.05) is 6.54 Å². The Bertz CT molecular complexity index is 670. The van der Waals surface area contributed by atoms with E-state index in [4.69, 9.17) is 10.5 Å². The summed E-state index contributed by atoms with van der Waals surface area (Å²) in [4.78, 5) is 13.7. The SMILES string of the molecule is COc1ccc([C@@H]2[C@H](N)C(=O)N2Cc2ccc(F)cc2)cc1. The maximum absolute atomic E-state index is 13.0. The van der Waals surface area contributed by atoms with Crippen molar-refractivity contribution in [3.63, 3.8) is 0 Å². The van der Waals surface area contributed by atoms with Gasteiger partial charge < -0.3 is 15.4 Å². The van der Waals surface area contributed by atoms with E-state index in [0.717, 1.165) is 16.9 Å². The summed E-state index contributed by atoms with van der Waals surface area (Å²) in [5, 5.41) is 0. The highest BCUT2D eigenvalue weighted by Crippen LogP contribution is 2.35. The molecule has 1 aliphatic rings. The number of hydrogen-bond donors (Lipinski definition) is 1. The molecule has 2 N–H and O–H groups in total. The van der Waals surface area contributed by atoms with Crippen LogP contribution in [-0.4, -0.2) is 24.0 Å². The molecule has 0 saturated carbocycles. The van der Waals surface area contributed by atoms with E-state index in [1.165, 1.54) is 12.1 Å². The number of halogens is 1. The summed E-state index contributed by atoms with van der Waals surface area (Å²) in [5.41, 5.74) is 7.80. The number of ether oxygens (including phenoxy) is 1. The number of methoxy groups -OCH3 is 1. The molecule has 2 aromatic carbocycles. The number of carbonyl (C=O) groups is 1. The molecule has 2 aromatic rings. The van der Waals surface area contributed by atoms with Crippen molar-refractivity contribution in [2.45, 2.75) is 18.6 Å². The molecule has 5 heteroatoms. The number of amides is 1. The largest absolute Gasteiger partial charge is 0.497 e. The van der Waals surface area contributed by atoms with Crippen LogP contribution in [0.1, 0.15) is 17.2 Å². The molecule has 0 aliphatic carbocycles. The van der Waals surface area contributed by atoms with Crippen molar-refractivity contribution < 1.29 is 13.9 Å². The van der Waals surface area contributed by atoms with Crippen molar-refractivity contribution in [2.24, 2.45) is 5.73 Å². The van der Waals surface area contributed by atoms with Gasteiger partial charge in [-0.3, -0.25) is 4.79 Å². The molecular formula is C17H17FN2O2. The highest BCUT2D eigenvalue weighted by molar-refractivity contribution is 5.89. The Morgan fingerprint density at radius 1 is 1.14 bits per heavy atom. The minimum absolute atomic E-state index is 0.0925. The Kier molecular flexibility index (Phi) is 3.81. The first kappa shape index (κ1) is 14.5. The monoisotopic (exact) mass is 300 g/mol. The van der Waals surface area contributed by atoms with Crippen LogP contribution in [0.25, 0.3) is 0 Å². The van der Waals surface area contributed by atoms with Crippen LogP contribution in [0.3, 0.4) is 0 Å². The molecule has 4 nitrogen and oxygen atoms in total. The van der Waals surface area contributed by atoms with Gasteiger partial charge in [0.05, 0.1) is 13.2 Å². The number of benzene rings is 2. The zero-order chi connectivity index (χ0) is 15.7. The van der Waals surface area contributed by atoms with Crippen molar-refractivity contribution in [3.05, 3.63) is 65.5 Å². The predicted molar refractivity (Wildman–Crippen MR) is 80.7 cm³/mol. The standard InChI is InChI=1S/C17H17FN2O2/c1-22-14-8-4-12(5-9-14)16-15(19)17(21)20(16)10-11-2-6-13(18)7-3-11/h2-9,15-16H,10,19H2,1H3/t15-,16+/m0/s1. The minimum atomic E-state index is -0.533. The number of nitrogens with two attached hydrogens (primary N) is 1. The molecule has 22 heavy (non-hydrogen) atoms. The summed E-state index contributed by atoms with van der Waals surface area (Å²) in [5.74, 6) is 0.375. The van der Waals surface area contributed by atoms with E-state index in [9.17, 15) is 9.18 Å². The number of likely N-dealkylation sites (tertiary alicyclic amines) is 1. The lowest BCUT2D eigenvalue weighted by molar-refractivity contribution is -0.150. The molecule has 0 unspecified atom stereocenters. The summed E-state index contributed by atoms with van der Waals surface area (Å²) in [7, 11) is 1.61. The second-order valence-corrected chi connectivity index (χ2v) is 5.34. The van der Waals surface area contributed by atoms with E-state index in [1.54, 1.807) is 24.1 Å². The van der Waals surface area contributed by atoms with Crippen LogP contribution < -0.4 is 10.5 Å². The molecular weight excluding hydrogens is 283 g/mol. The van der Waals surface area contributed by atoms with Crippen molar-refractivity contribution in [3.8, 4) is 5.75 Å². The zero-order valence-corrected chi connectivity index (χ0v) is 12.2. The highest BCUT2D eigenvalue weighted by atomic mass is 19.1. The summed E-state index contributed by atoms with van der Waals surface area (Å²) in [6, 6.07) is 13.0. The molecule has 0 bridgehead atoms. The molecule has 114 valence electrons. The third kappa shape index (κ3) is 2.55. The van der Waals surface area contributed by atoms with Gasteiger partial charge in [-0.05, 0) is 35.4 Å². The molecule has 1 heterocycles. The molecule has 3 rings (SSSR count). The van der Waals surface area contributed by atoms with Gasteiger partial charge in [0.25, 0.3) is 0 Å². The average Bonchev–Trinajstić information content (AvgIpc) is 2.56. The van der Waals surface area contributed by atoms with Crippen LogP contribution in [0.4, 0.5) is 4.39 Å². The highest BCUT2D eigenvalue weighted by Gasteiger charge is 2.45. The zero-order valence-electron chi connectivity index (χ0n) is 12.2. The van der Waals surface area contributed by atoms with Crippen molar-refractivity contribution >= 4 is 5.91 Å². The normalized spacial score (nSPS) is 20.7. The molecule has 1 fully saturated rings. The third-order valence-electron chi connectivity index (χ3n) is 3.97. The maximum Gasteiger partial charge on any atom is 0.242 e. The lowest BCUT2D eigenvalue weighted by Crippen LogP contribution is -2.62. The van der Waals surface area contributed by atoms with Crippen LogP contribution in [0.15, 0.2) is 48.5 Å². The Morgan fingerprint density at radius 3 is 2.36 bits per heavy atom. The molecule has 0 aromatic heterocycles. The quantitative estimate of drug-likeness (QED) is 0.881. The third-order valence-corrected chi connectivity index (χ3v) is 3.97. The van der Waals surface area contributed by atoms with Crippen LogP contribution in [0.2, 0.25) is 0 Å². The Balaban J connectivity index is 1.79. The van der Waals surface area contributed by atoms with E-state index < -0.39 is 6.04 Å². The van der Waals surface area contributed by atoms with Gasteiger partial charge in [-0.15, -0.1) is 0 Å². The average molecular weight is 300 g/mol. The topological polar surface area (TPSA) is 55.6 Å². The Hall–Kier alpha value is -2.40. The van der Waals surface area contributed by atoms with E-state index in [0.29, 0.717) is 6.54 Å². The van der Waals surface area contributed by atoms with E-state index in [-0.39, 0.29) is 17.8 Å². The summed E-state index contributed by atoms with van der Waals surface area (Å²) < 4.78 is 18.1. The van der Waals surface area contributed by atoms with Gasteiger partial charge in [-0.25, -0.2) is 4.39 Å².